The number of nitriles is 1. The summed E-state index contributed by atoms with van der Waals surface area (Å²) in [6.45, 7) is 5.26. The van der Waals surface area contributed by atoms with Gasteiger partial charge in [-0.25, -0.2) is 0 Å². The normalized spacial score (nSPS) is 13.1. The van der Waals surface area contributed by atoms with Crippen LogP contribution in [0.1, 0.15) is 33.6 Å². The molecular formula is C10H17NO3. The number of rotatable bonds is 5. The van der Waals surface area contributed by atoms with Gasteiger partial charge in [0.05, 0.1) is 18.3 Å². The predicted octanol–water partition coefficient (Wildman–Crippen LogP) is 1.24. The summed E-state index contributed by atoms with van der Waals surface area (Å²) in [6, 6.07) is 1.87. The van der Waals surface area contributed by atoms with Gasteiger partial charge in [-0.15, -0.1) is 0 Å². The van der Waals surface area contributed by atoms with Crippen LogP contribution in [0, 0.1) is 17.2 Å². The van der Waals surface area contributed by atoms with Crippen LogP contribution in [0.3, 0.4) is 0 Å². The van der Waals surface area contributed by atoms with Crippen LogP contribution >= 0.6 is 0 Å². The first kappa shape index (κ1) is 12.9. The molecule has 0 aliphatic rings. The van der Waals surface area contributed by atoms with E-state index in [0.717, 1.165) is 0 Å². The zero-order valence-electron chi connectivity index (χ0n) is 8.91. The van der Waals surface area contributed by atoms with Crippen molar-refractivity contribution in [2.45, 2.75) is 39.2 Å². The first-order valence-corrected chi connectivity index (χ1v) is 4.69. The molecule has 0 saturated heterocycles. The quantitative estimate of drug-likeness (QED) is 0.676. The lowest BCUT2D eigenvalue weighted by atomic mass is 9.96. The van der Waals surface area contributed by atoms with E-state index in [2.05, 4.69) is 0 Å². The molecule has 1 atom stereocenters. The summed E-state index contributed by atoms with van der Waals surface area (Å²) in [5.41, 5.74) is -0.846. The molecule has 14 heavy (non-hydrogen) atoms. The highest BCUT2D eigenvalue weighted by molar-refractivity contribution is 5.75. The molecule has 0 radical (unpaired) electrons. The summed E-state index contributed by atoms with van der Waals surface area (Å²) >= 11 is 0. The minimum Gasteiger partial charge on any atom is -0.465 e. The molecule has 0 aromatic rings. The van der Waals surface area contributed by atoms with E-state index in [4.69, 9.17) is 10.00 Å². The molecule has 1 unspecified atom stereocenters. The molecule has 0 saturated carbocycles. The predicted molar refractivity (Wildman–Crippen MR) is 51.3 cm³/mol. The van der Waals surface area contributed by atoms with Crippen LogP contribution in [0.25, 0.3) is 0 Å². The van der Waals surface area contributed by atoms with Gasteiger partial charge in [0.25, 0.3) is 0 Å². The van der Waals surface area contributed by atoms with E-state index in [-0.39, 0.29) is 6.61 Å². The van der Waals surface area contributed by atoms with E-state index in [1.807, 2.05) is 6.07 Å². The van der Waals surface area contributed by atoms with Crippen LogP contribution < -0.4 is 0 Å². The highest BCUT2D eigenvalue weighted by Gasteiger charge is 2.22. The molecule has 0 aliphatic heterocycles. The smallest absolute Gasteiger partial charge is 0.323 e. The molecule has 0 rings (SSSR count). The van der Waals surface area contributed by atoms with E-state index in [0.29, 0.717) is 12.8 Å². The van der Waals surface area contributed by atoms with Gasteiger partial charge in [0.2, 0.25) is 0 Å². The monoisotopic (exact) mass is 199 g/mol. The van der Waals surface area contributed by atoms with Crippen molar-refractivity contribution in [2.24, 2.45) is 5.92 Å². The fourth-order valence-electron chi connectivity index (χ4n) is 0.976. The molecule has 0 aromatic heterocycles. The Morgan fingerprint density at radius 3 is 2.57 bits per heavy atom. The lowest BCUT2D eigenvalue weighted by molar-refractivity contribution is -0.146. The van der Waals surface area contributed by atoms with Crippen LogP contribution in [0.15, 0.2) is 0 Å². The maximum atomic E-state index is 11.2. The minimum absolute atomic E-state index is 0.277. The van der Waals surface area contributed by atoms with Crippen LogP contribution in [0.4, 0.5) is 0 Å². The molecule has 0 aliphatic carbocycles. The number of nitrogens with zero attached hydrogens (tertiary/aromatic N) is 1. The zero-order valence-corrected chi connectivity index (χ0v) is 8.91. The topological polar surface area (TPSA) is 70.3 Å². The number of ether oxygens (including phenoxy) is 1. The van der Waals surface area contributed by atoms with Gasteiger partial charge in [-0.2, -0.15) is 5.26 Å². The average Bonchev–Trinajstić information content (AvgIpc) is 2.03. The second kappa shape index (κ2) is 5.61. The average molecular weight is 199 g/mol. The van der Waals surface area contributed by atoms with Gasteiger partial charge in [-0.3, -0.25) is 4.79 Å². The van der Waals surface area contributed by atoms with Crippen LogP contribution in [0.5, 0.6) is 0 Å². The van der Waals surface area contributed by atoms with Crippen LogP contribution in [-0.2, 0) is 9.53 Å². The van der Waals surface area contributed by atoms with Crippen molar-refractivity contribution in [3.05, 3.63) is 0 Å². The summed E-state index contributed by atoms with van der Waals surface area (Å²) in [5.74, 6) is -1.26. The Hall–Kier alpha value is -1.08. The highest BCUT2D eigenvalue weighted by Crippen LogP contribution is 2.16. The molecule has 80 valence electrons. The van der Waals surface area contributed by atoms with Gasteiger partial charge in [0.1, 0.15) is 5.92 Å². The SMILES string of the molecule is CCOC(=O)C(C#N)CCC(C)(C)O. The molecular weight excluding hydrogens is 182 g/mol. The molecule has 0 fully saturated rings. The second-order valence-corrected chi connectivity index (χ2v) is 3.78. The number of hydrogen-bond donors (Lipinski definition) is 1. The first-order chi connectivity index (χ1) is 6.40. The van der Waals surface area contributed by atoms with Crippen molar-refractivity contribution in [1.29, 1.82) is 5.26 Å². The molecule has 0 bridgehead atoms. The maximum absolute atomic E-state index is 11.2. The van der Waals surface area contributed by atoms with Gasteiger partial charge in [-0.1, -0.05) is 0 Å². The minimum atomic E-state index is -0.846. The molecule has 0 spiro atoms. The van der Waals surface area contributed by atoms with Crippen molar-refractivity contribution in [2.75, 3.05) is 6.61 Å². The van der Waals surface area contributed by atoms with Crippen molar-refractivity contribution in [1.82, 2.24) is 0 Å². The molecule has 0 amide bonds. The van der Waals surface area contributed by atoms with Gasteiger partial charge in [0, 0.05) is 0 Å². The molecule has 4 nitrogen and oxygen atoms in total. The van der Waals surface area contributed by atoms with Gasteiger partial charge in [-0.05, 0) is 33.6 Å². The summed E-state index contributed by atoms with van der Waals surface area (Å²) in [6.07, 6.45) is 0.739. The van der Waals surface area contributed by atoms with Crippen molar-refractivity contribution < 1.29 is 14.6 Å². The van der Waals surface area contributed by atoms with E-state index >= 15 is 0 Å². The Balaban J connectivity index is 4.05. The number of carbonyl (C=O) groups is 1. The Labute approximate surface area is 84.5 Å². The van der Waals surface area contributed by atoms with Crippen LogP contribution in [-0.4, -0.2) is 23.3 Å². The number of hydrogen-bond acceptors (Lipinski definition) is 4. The third kappa shape index (κ3) is 5.55. The van der Waals surface area contributed by atoms with Crippen molar-refractivity contribution in [3.8, 4) is 6.07 Å². The highest BCUT2D eigenvalue weighted by atomic mass is 16.5. The van der Waals surface area contributed by atoms with E-state index in [1.165, 1.54) is 0 Å². The fourth-order valence-corrected chi connectivity index (χ4v) is 0.976. The number of esters is 1. The lowest BCUT2D eigenvalue weighted by Crippen LogP contribution is -2.23. The summed E-state index contributed by atoms with van der Waals surface area (Å²) in [5, 5.41) is 18.1. The maximum Gasteiger partial charge on any atom is 0.323 e. The van der Waals surface area contributed by atoms with Gasteiger partial charge >= 0.3 is 5.97 Å². The number of carbonyl (C=O) groups excluding carboxylic acids is 1. The zero-order chi connectivity index (χ0) is 11.2. The van der Waals surface area contributed by atoms with Crippen LogP contribution in [0.2, 0.25) is 0 Å². The Bertz CT molecular complexity index is 225. The van der Waals surface area contributed by atoms with E-state index in [9.17, 15) is 9.90 Å². The Morgan fingerprint density at radius 2 is 2.21 bits per heavy atom. The second-order valence-electron chi connectivity index (χ2n) is 3.78. The molecule has 4 heteroatoms. The summed E-state index contributed by atoms with van der Waals surface area (Å²) in [4.78, 5) is 11.2. The Kier molecular flexibility index (Phi) is 5.18. The van der Waals surface area contributed by atoms with Gasteiger partial charge in [0.15, 0.2) is 0 Å². The van der Waals surface area contributed by atoms with Gasteiger partial charge < -0.3 is 9.84 Å². The lowest BCUT2D eigenvalue weighted by Gasteiger charge is -2.17. The fraction of sp³-hybridized carbons (Fsp3) is 0.800. The first-order valence-electron chi connectivity index (χ1n) is 4.69. The summed E-state index contributed by atoms with van der Waals surface area (Å²) in [7, 11) is 0. The Morgan fingerprint density at radius 1 is 1.64 bits per heavy atom. The van der Waals surface area contributed by atoms with Crippen molar-refractivity contribution >= 4 is 5.97 Å². The summed E-state index contributed by atoms with van der Waals surface area (Å²) < 4.78 is 4.72. The van der Waals surface area contributed by atoms with Crippen molar-refractivity contribution in [3.63, 3.8) is 0 Å². The van der Waals surface area contributed by atoms with E-state index < -0.39 is 17.5 Å². The largest absolute Gasteiger partial charge is 0.465 e. The molecule has 0 aromatic carbocycles. The third-order valence-corrected chi connectivity index (χ3v) is 1.77. The molecule has 1 N–H and O–H groups in total. The molecule has 0 heterocycles. The standard InChI is InChI=1S/C10H17NO3/c1-4-14-9(12)8(7-11)5-6-10(2,3)13/h8,13H,4-6H2,1-3H3. The van der Waals surface area contributed by atoms with E-state index in [1.54, 1.807) is 20.8 Å². The third-order valence-electron chi connectivity index (χ3n) is 1.77. The number of aliphatic hydroxyl groups is 1.